The first-order valence-electron chi connectivity index (χ1n) is 7.70. The second-order valence-corrected chi connectivity index (χ2v) is 6.84. The van der Waals surface area contributed by atoms with Gasteiger partial charge in [-0.3, -0.25) is 9.59 Å². The first kappa shape index (κ1) is 18.9. The lowest BCUT2D eigenvalue weighted by atomic mass is 10.1. The molecule has 134 valence electrons. The standard InChI is InChI=1S/C16H18F2N4O2S/c1-9(2)7-14-21-22-16(25-14)20-13(23)5-6-19-15(24)11-4-3-10(17)8-12(11)18/h3-4,8-9H,5-7H2,1-2H3,(H,19,24)(H,20,22,23). The van der Waals surface area contributed by atoms with Crippen LogP contribution in [0.25, 0.3) is 0 Å². The van der Waals surface area contributed by atoms with Crippen LogP contribution in [-0.2, 0) is 11.2 Å². The van der Waals surface area contributed by atoms with Gasteiger partial charge < -0.3 is 10.6 Å². The third kappa shape index (κ3) is 5.86. The fourth-order valence-corrected chi connectivity index (χ4v) is 2.94. The summed E-state index contributed by atoms with van der Waals surface area (Å²) < 4.78 is 26.3. The summed E-state index contributed by atoms with van der Waals surface area (Å²) in [5.41, 5.74) is -0.274. The molecule has 2 rings (SSSR count). The monoisotopic (exact) mass is 368 g/mol. The summed E-state index contributed by atoms with van der Waals surface area (Å²) in [6, 6.07) is 2.68. The molecule has 0 bridgehead atoms. The fraction of sp³-hybridized carbons (Fsp3) is 0.375. The molecule has 0 saturated carbocycles. The van der Waals surface area contributed by atoms with Crippen molar-refractivity contribution >= 4 is 28.3 Å². The Kier molecular flexibility index (Phi) is 6.51. The number of hydrogen-bond donors (Lipinski definition) is 2. The average Bonchev–Trinajstić information content (AvgIpc) is 2.93. The zero-order valence-electron chi connectivity index (χ0n) is 13.8. The molecule has 0 radical (unpaired) electrons. The van der Waals surface area contributed by atoms with Gasteiger partial charge in [-0.2, -0.15) is 0 Å². The molecule has 2 N–H and O–H groups in total. The first-order valence-corrected chi connectivity index (χ1v) is 8.52. The van der Waals surface area contributed by atoms with Gasteiger partial charge in [-0.1, -0.05) is 25.2 Å². The quantitative estimate of drug-likeness (QED) is 0.787. The Hall–Kier alpha value is -2.42. The maximum absolute atomic E-state index is 13.5. The van der Waals surface area contributed by atoms with Crippen LogP contribution in [0.2, 0.25) is 0 Å². The number of hydrogen-bond acceptors (Lipinski definition) is 5. The van der Waals surface area contributed by atoms with Crippen molar-refractivity contribution in [1.29, 1.82) is 0 Å². The summed E-state index contributed by atoms with van der Waals surface area (Å²) in [5, 5.41) is 14.1. The van der Waals surface area contributed by atoms with E-state index in [1.165, 1.54) is 11.3 Å². The van der Waals surface area contributed by atoms with Crippen LogP contribution < -0.4 is 10.6 Å². The van der Waals surface area contributed by atoms with Gasteiger partial charge in [0.05, 0.1) is 5.56 Å². The van der Waals surface area contributed by atoms with E-state index in [1.807, 2.05) is 0 Å². The van der Waals surface area contributed by atoms with Crippen LogP contribution in [0.15, 0.2) is 18.2 Å². The molecule has 9 heteroatoms. The molecule has 2 amide bonds. The van der Waals surface area contributed by atoms with E-state index in [2.05, 4.69) is 34.7 Å². The molecule has 0 saturated heterocycles. The minimum atomic E-state index is -0.950. The number of anilines is 1. The Balaban J connectivity index is 1.78. The highest BCUT2D eigenvalue weighted by Crippen LogP contribution is 2.18. The third-order valence-corrected chi connectivity index (χ3v) is 3.97. The van der Waals surface area contributed by atoms with E-state index in [0.29, 0.717) is 17.1 Å². The number of benzene rings is 1. The largest absolute Gasteiger partial charge is 0.351 e. The third-order valence-electron chi connectivity index (χ3n) is 3.11. The molecule has 0 spiro atoms. The normalized spacial score (nSPS) is 10.8. The Morgan fingerprint density at radius 2 is 2.00 bits per heavy atom. The zero-order valence-corrected chi connectivity index (χ0v) is 14.6. The van der Waals surface area contributed by atoms with Gasteiger partial charge >= 0.3 is 0 Å². The summed E-state index contributed by atoms with van der Waals surface area (Å²) in [6.07, 6.45) is 0.778. The number of carbonyl (C=O) groups is 2. The molecule has 0 aliphatic rings. The van der Waals surface area contributed by atoms with E-state index in [1.54, 1.807) is 0 Å². The lowest BCUT2D eigenvalue weighted by Gasteiger charge is -2.06. The van der Waals surface area contributed by atoms with Crippen molar-refractivity contribution < 1.29 is 18.4 Å². The van der Waals surface area contributed by atoms with Gasteiger partial charge in [-0.05, 0) is 18.1 Å². The molecule has 0 atom stereocenters. The van der Waals surface area contributed by atoms with E-state index < -0.39 is 17.5 Å². The van der Waals surface area contributed by atoms with Crippen molar-refractivity contribution in [2.24, 2.45) is 5.92 Å². The molecule has 1 aromatic carbocycles. The Morgan fingerprint density at radius 3 is 2.68 bits per heavy atom. The Labute approximate surface area is 147 Å². The van der Waals surface area contributed by atoms with Crippen molar-refractivity contribution in [2.75, 3.05) is 11.9 Å². The predicted molar refractivity (Wildman–Crippen MR) is 90.4 cm³/mol. The molecule has 25 heavy (non-hydrogen) atoms. The van der Waals surface area contributed by atoms with Crippen molar-refractivity contribution in [3.05, 3.63) is 40.4 Å². The molecule has 0 unspecified atom stereocenters. The SMILES string of the molecule is CC(C)Cc1nnc(NC(=O)CCNC(=O)c2ccc(F)cc2F)s1. The summed E-state index contributed by atoms with van der Waals surface area (Å²) in [4.78, 5) is 23.6. The van der Waals surface area contributed by atoms with Crippen LogP contribution in [0.1, 0.15) is 35.6 Å². The number of nitrogens with zero attached hydrogens (tertiary/aromatic N) is 2. The van der Waals surface area contributed by atoms with E-state index in [-0.39, 0.29) is 24.4 Å². The minimum Gasteiger partial charge on any atom is -0.351 e. The zero-order chi connectivity index (χ0) is 18.4. The van der Waals surface area contributed by atoms with Crippen LogP contribution >= 0.6 is 11.3 Å². The average molecular weight is 368 g/mol. The summed E-state index contributed by atoms with van der Waals surface area (Å²) in [5.74, 6) is -2.32. The van der Waals surface area contributed by atoms with Gasteiger partial charge in [0.15, 0.2) is 0 Å². The van der Waals surface area contributed by atoms with Crippen molar-refractivity contribution in [2.45, 2.75) is 26.7 Å². The predicted octanol–water partition coefficient (Wildman–Crippen LogP) is 2.77. The Bertz CT molecular complexity index is 764. The molecule has 0 aliphatic carbocycles. The topological polar surface area (TPSA) is 84.0 Å². The number of aromatic nitrogens is 2. The highest BCUT2D eigenvalue weighted by atomic mass is 32.1. The van der Waals surface area contributed by atoms with Crippen LogP contribution in [0.5, 0.6) is 0 Å². The fourth-order valence-electron chi connectivity index (χ4n) is 1.98. The molecule has 2 aromatic rings. The van der Waals surface area contributed by atoms with E-state index >= 15 is 0 Å². The number of halogens is 2. The maximum atomic E-state index is 13.5. The van der Waals surface area contributed by atoms with Gasteiger partial charge in [-0.25, -0.2) is 8.78 Å². The van der Waals surface area contributed by atoms with Crippen LogP contribution in [0.3, 0.4) is 0 Å². The van der Waals surface area contributed by atoms with Crippen molar-refractivity contribution in [3.8, 4) is 0 Å². The van der Waals surface area contributed by atoms with Crippen LogP contribution in [0.4, 0.5) is 13.9 Å². The summed E-state index contributed by atoms with van der Waals surface area (Å²) >= 11 is 1.30. The number of rotatable bonds is 7. The van der Waals surface area contributed by atoms with E-state index in [4.69, 9.17) is 0 Å². The van der Waals surface area contributed by atoms with E-state index in [9.17, 15) is 18.4 Å². The molecule has 0 fully saturated rings. The molecule has 0 aliphatic heterocycles. The second-order valence-electron chi connectivity index (χ2n) is 5.78. The van der Waals surface area contributed by atoms with Gasteiger partial charge in [0.1, 0.15) is 16.6 Å². The number of amides is 2. The van der Waals surface area contributed by atoms with E-state index in [0.717, 1.165) is 23.6 Å². The number of nitrogens with one attached hydrogen (secondary N) is 2. The van der Waals surface area contributed by atoms with Gasteiger partial charge in [0, 0.05) is 25.5 Å². The first-order chi connectivity index (χ1) is 11.8. The smallest absolute Gasteiger partial charge is 0.254 e. The summed E-state index contributed by atoms with van der Waals surface area (Å²) in [6.45, 7) is 4.14. The highest BCUT2D eigenvalue weighted by Gasteiger charge is 2.13. The lowest BCUT2D eigenvalue weighted by molar-refractivity contribution is -0.116. The number of carbonyl (C=O) groups excluding carboxylic acids is 2. The van der Waals surface area contributed by atoms with Crippen LogP contribution in [0, 0.1) is 17.6 Å². The van der Waals surface area contributed by atoms with Crippen molar-refractivity contribution in [3.63, 3.8) is 0 Å². The van der Waals surface area contributed by atoms with Gasteiger partial charge in [0.2, 0.25) is 11.0 Å². The highest BCUT2D eigenvalue weighted by molar-refractivity contribution is 7.15. The maximum Gasteiger partial charge on any atom is 0.254 e. The Morgan fingerprint density at radius 1 is 1.24 bits per heavy atom. The second kappa shape index (κ2) is 8.61. The molecular formula is C16H18F2N4O2S. The molecule has 6 nitrogen and oxygen atoms in total. The lowest BCUT2D eigenvalue weighted by Crippen LogP contribution is -2.28. The molecular weight excluding hydrogens is 350 g/mol. The molecule has 1 heterocycles. The molecule has 1 aromatic heterocycles. The minimum absolute atomic E-state index is 0.00630. The van der Waals surface area contributed by atoms with Crippen molar-refractivity contribution in [1.82, 2.24) is 15.5 Å². The van der Waals surface area contributed by atoms with Crippen LogP contribution in [-0.4, -0.2) is 28.6 Å². The van der Waals surface area contributed by atoms with Gasteiger partial charge in [-0.15, -0.1) is 10.2 Å². The van der Waals surface area contributed by atoms with Gasteiger partial charge in [0.25, 0.3) is 5.91 Å². The summed E-state index contributed by atoms with van der Waals surface area (Å²) in [7, 11) is 0.